The van der Waals surface area contributed by atoms with Gasteiger partial charge in [0.25, 0.3) is 0 Å². The summed E-state index contributed by atoms with van der Waals surface area (Å²) in [5.74, 6) is -2.63. The lowest BCUT2D eigenvalue weighted by atomic mass is 9.97. The Labute approximate surface area is 145 Å². The maximum absolute atomic E-state index is 11.6. The van der Waals surface area contributed by atoms with Gasteiger partial charge in [0, 0.05) is 6.54 Å². The number of carbonyl (C=O) groups is 2. The SMILES string of the molecule is NC(=O)[C@@H]1[C@@H](C(=O)O)NC[C@H]1OCc1ccc(-c2ccccc2)cc1. The summed E-state index contributed by atoms with van der Waals surface area (Å²) < 4.78 is 5.76. The zero-order valence-electron chi connectivity index (χ0n) is 13.6. The Morgan fingerprint density at radius 3 is 2.32 bits per heavy atom. The summed E-state index contributed by atoms with van der Waals surface area (Å²) >= 11 is 0. The number of amides is 1. The van der Waals surface area contributed by atoms with Gasteiger partial charge in [-0.2, -0.15) is 0 Å². The average Bonchev–Trinajstić information content (AvgIpc) is 3.06. The number of ether oxygens (including phenoxy) is 1. The number of hydrogen-bond acceptors (Lipinski definition) is 4. The number of carboxylic acids is 1. The van der Waals surface area contributed by atoms with Crippen molar-refractivity contribution in [2.75, 3.05) is 6.54 Å². The summed E-state index contributed by atoms with van der Waals surface area (Å²) in [6.07, 6.45) is -0.549. The summed E-state index contributed by atoms with van der Waals surface area (Å²) in [4.78, 5) is 22.8. The van der Waals surface area contributed by atoms with Gasteiger partial charge in [0.2, 0.25) is 5.91 Å². The monoisotopic (exact) mass is 340 g/mol. The lowest BCUT2D eigenvalue weighted by Crippen LogP contribution is -2.43. The molecule has 130 valence electrons. The van der Waals surface area contributed by atoms with Crippen LogP contribution in [0, 0.1) is 5.92 Å². The standard InChI is InChI=1S/C19H20N2O4/c20-18(22)16-15(10-21-17(16)19(23)24)25-11-12-6-8-14(9-7-12)13-4-2-1-3-5-13/h1-9,15-17,21H,10-11H2,(H2,20,22)(H,23,24)/t15-,16+,17+/m1/s1. The predicted molar refractivity (Wildman–Crippen MR) is 92.6 cm³/mol. The Morgan fingerprint density at radius 2 is 1.72 bits per heavy atom. The maximum atomic E-state index is 11.6. The van der Waals surface area contributed by atoms with Crippen molar-refractivity contribution in [1.82, 2.24) is 5.32 Å². The van der Waals surface area contributed by atoms with E-state index in [0.29, 0.717) is 0 Å². The lowest BCUT2D eigenvalue weighted by Gasteiger charge is -2.19. The Hall–Kier alpha value is -2.70. The molecule has 1 aliphatic rings. The summed E-state index contributed by atoms with van der Waals surface area (Å²) in [6, 6.07) is 17.0. The molecule has 3 atom stereocenters. The molecule has 0 spiro atoms. The van der Waals surface area contributed by atoms with Crippen molar-refractivity contribution in [2.24, 2.45) is 11.7 Å². The van der Waals surface area contributed by atoms with Crippen LogP contribution in [0.25, 0.3) is 11.1 Å². The Balaban J connectivity index is 1.63. The highest BCUT2D eigenvalue weighted by Crippen LogP contribution is 2.22. The van der Waals surface area contributed by atoms with Crippen LogP contribution in [0.15, 0.2) is 54.6 Å². The van der Waals surface area contributed by atoms with E-state index in [-0.39, 0.29) is 13.2 Å². The molecular formula is C19H20N2O4. The van der Waals surface area contributed by atoms with Crippen LogP contribution in [0.5, 0.6) is 0 Å². The molecule has 0 saturated carbocycles. The summed E-state index contributed by atoms with van der Waals surface area (Å²) in [7, 11) is 0. The van der Waals surface area contributed by atoms with Gasteiger partial charge >= 0.3 is 5.97 Å². The van der Waals surface area contributed by atoms with Crippen LogP contribution in [0.1, 0.15) is 5.56 Å². The van der Waals surface area contributed by atoms with Crippen molar-refractivity contribution in [3.63, 3.8) is 0 Å². The second kappa shape index (κ2) is 7.46. The molecule has 4 N–H and O–H groups in total. The second-order valence-electron chi connectivity index (χ2n) is 6.06. The molecule has 3 rings (SSSR count). The van der Waals surface area contributed by atoms with Crippen LogP contribution < -0.4 is 11.1 Å². The predicted octanol–water partition coefficient (Wildman–Crippen LogP) is 1.40. The highest BCUT2D eigenvalue weighted by atomic mass is 16.5. The van der Waals surface area contributed by atoms with Crippen molar-refractivity contribution in [2.45, 2.75) is 18.8 Å². The Kier molecular flexibility index (Phi) is 5.11. The largest absolute Gasteiger partial charge is 0.480 e. The zero-order valence-corrected chi connectivity index (χ0v) is 13.6. The van der Waals surface area contributed by atoms with E-state index in [9.17, 15) is 9.59 Å². The van der Waals surface area contributed by atoms with Gasteiger partial charge in [-0.05, 0) is 16.7 Å². The van der Waals surface area contributed by atoms with E-state index in [2.05, 4.69) is 5.32 Å². The lowest BCUT2D eigenvalue weighted by molar-refractivity contribution is -0.144. The molecule has 1 saturated heterocycles. The van der Waals surface area contributed by atoms with Crippen molar-refractivity contribution in [3.8, 4) is 11.1 Å². The molecule has 0 unspecified atom stereocenters. The third-order valence-corrected chi connectivity index (χ3v) is 4.42. The molecule has 1 aliphatic heterocycles. The molecule has 1 heterocycles. The van der Waals surface area contributed by atoms with E-state index in [1.807, 2.05) is 54.6 Å². The smallest absolute Gasteiger partial charge is 0.321 e. The number of carbonyl (C=O) groups excluding carboxylic acids is 1. The Morgan fingerprint density at radius 1 is 1.08 bits per heavy atom. The number of carboxylic acid groups (broad SMARTS) is 1. The van der Waals surface area contributed by atoms with Gasteiger partial charge in [0.1, 0.15) is 6.04 Å². The van der Waals surface area contributed by atoms with E-state index in [0.717, 1.165) is 16.7 Å². The minimum Gasteiger partial charge on any atom is -0.480 e. The van der Waals surface area contributed by atoms with E-state index in [1.54, 1.807) is 0 Å². The number of nitrogens with one attached hydrogen (secondary N) is 1. The fourth-order valence-electron chi connectivity index (χ4n) is 3.09. The van der Waals surface area contributed by atoms with Gasteiger partial charge in [0.05, 0.1) is 18.6 Å². The quantitative estimate of drug-likeness (QED) is 0.738. The van der Waals surface area contributed by atoms with Crippen molar-refractivity contribution in [1.29, 1.82) is 0 Å². The fraction of sp³-hybridized carbons (Fsp3) is 0.263. The van der Waals surface area contributed by atoms with Crippen molar-refractivity contribution >= 4 is 11.9 Å². The number of rotatable bonds is 6. The van der Waals surface area contributed by atoms with Crippen LogP contribution in [0.3, 0.4) is 0 Å². The van der Waals surface area contributed by atoms with Crippen molar-refractivity contribution in [3.05, 3.63) is 60.2 Å². The molecule has 0 radical (unpaired) electrons. The first-order valence-electron chi connectivity index (χ1n) is 8.08. The molecule has 2 aromatic carbocycles. The number of benzene rings is 2. The summed E-state index contributed by atoms with van der Waals surface area (Å²) in [5, 5.41) is 11.9. The fourth-order valence-corrected chi connectivity index (χ4v) is 3.09. The third kappa shape index (κ3) is 3.87. The minimum atomic E-state index is -1.10. The molecule has 25 heavy (non-hydrogen) atoms. The van der Waals surface area contributed by atoms with Crippen LogP contribution >= 0.6 is 0 Å². The highest BCUT2D eigenvalue weighted by molar-refractivity contribution is 5.87. The number of nitrogens with two attached hydrogens (primary N) is 1. The molecule has 6 nitrogen and oxygen atoms in total. The first kappa shape index (κ1) is 17.1. The number of primary amides is 1. The minimum absolute atomic E-state index is 0.284. The first-order valence-corrected chi connectivity index (χ1v) is 8.08. The van der Waals surface area contributed by atoms with Crippen LogP contribution in [-0.2, 0) is 20.9 Å². The summed E-state index contributed by atoms with van der Waals surface area (Å²) in [6.45, 7) is 0.574. The molecule has 1 amide bonds. The number of aliphatic carboxylic acids is 1. The number of hydrogen-bond donors (Lipinski definition) is 3. The second-order valence-corrected chi connectivity index (χ2v) is 6.06. The topological polar surface area (TPSA) is 102 Å². The molecule has 0 bridgehead atoms. The molecule has 1 fully saturated rings. The molecule has 0 aliphatic carbocycles. The van der Waals surface area contributed by atoms with Crippen molar-refractivity contribution < 1.29 is 19.4 Å². The van der Waals surface area contributed by atoms with Gasteiger partial charge in [-0.1, -0.05) is 54.6 Å². The van der Waals surface area contributed by atoms with Crippen LogP contribution in [0.2, 0.25) is 0 Å². The molecule has 6 heteroatoms. The third-order valence-electron chi connectivity index (χ3n) is 4.42. The van der Waals surface area contributed by atoms with Crippen LogP contribution in [-0.4, -0.2) is 35.7 Å². The first-order chi connectivity index (χ1) is 12.1. The van der Waals surface area contributed by atoms with Gasteiger partial charge in [-0.15, -0.1) is 0 Å². The normalized spacial score (nSPS) is 22.6. The molecular weight excluding hydrogens is 320 g/mol. The van der Waals surface area contributed by atoms with E-state index in [4.69, 9.17) is 15.6 Å². The van der Waals surface area contributed by atoms with Gasteiger partial charge < -0.3 is 20.9 Å². The average molecular weight is 340 g/mol. The van der Waals surface area contributed by atoms with E-state index in [1.165, 1.54) is 0 Å². The maximum Gasteiger partial charge on any atom is 0.321 e. The van der Waals surface area contributed by atoms with Crippen LogP contribution in [0.4, 0.5) is 0 Å². The zero-order chi connectivity index (χ0) is 17.8. The van der Waals surface area contributed by atoms with Gasteiger partial charge in [-0.3, -0.25) is 9.59 Å². The highest BCUT2D eigenvalue weighted by Gasteiger charge is 2.44. The molecule has 0 aromatic heterocycles. The van der Waals surface area contributed by atoms with E-state index >= 15 is 0 Å². The van der Waals surface area contributed by atoms with Gasteiger partial charge in [-0.25, -0.2) is 0 Å². The van der Waals surface area contributed by atoms with Gasteiger partial charge in [0.15, 0.2) is 0 Å². The summed E-state index contributed by atoms with van der Waals surface area (Å²) in [5.41, 5.74) is 8.53. The Bertz CT molecular complexity index is 746. The molecule has 2 aromatic rings. The van der Waals surface area contributed by atoms with E-state index < -0.39 is 29.9 Å².